The first-order valence-electron chi connectivity index (χ1n) is 9.18. The van der Waals surface area contributed by atoms with Crippen LogP contribution in [0.4, 0.5) is 5.69 Å². The zero-order valence-corrected chi connectivity index (χ0v) is 15.5. The molecule has 10 heteroatoms. The summed E-state index contributed by atoms with van der Waals surface area (Å²) >= 11 is 0. The van der Waals surface area contributed by atoms with Gasteiger partial charge in [0.05, 0.1) is 30.6 Å². The van der Waals surface area contributed by atoms with Crippen molar-refractivity contribution in [1.29, 1.82) is 0 Å². The Morgan fingerprint density at radius 1 is 1.18 bits per heavy atom. The molecule has 0 spiro atoms. The second kappa shape index (κ2) is 7.77. The van der Waals surface area contributed by atoms with E-state index in [1.165, 1.54) is 10.9 Å². The van der Waals surface area contributed by atoms with Crippen LogP contribution in [0.15, 0.2) is 30.5 Å². The van der Waals surface area contributed by atoms with E-state index in [1.54, 1.807) is 9.58 Å². The highest BCUT2D eigenvalue weighted by Crippen LogP contribution is 2.19. The molecule has 0 radical (unpaired) electrons. The number of carbonyl (C=O) groups excluding carboxylic acids is 2. The fourth-order valence-corrected chi connectivity index (χ4v) is 3.22. The average molecular weight is 383 g/mol. The van der Waals surface area contributed by atoms with E-state index < -0.39 is 0 Å². The Balaban J connectivity index is 1.53. The van der Waals surface area contributed by atoms with Crippen molar-refractivity contribution in [2.75, 3.05) is 31.6 Å². The fourth-order valence-electron chi connectivity index (χ4n) is 3.22. The van der Waals surface area contributed by atoms with Crippen molar-refractivity contribution in [3.8, 4) is 0 Å². The van der Waals surface area contributed by atoms with Crippen LogP contribution in [0.25, 0.3) is 11.0 Å². The Labute approximate surface area is 161 Å². The molecule has 0 bridgehead atoms. The molecule has 0 aliphatic carbocycles. The molecule has 10 nitrogen and oxygen atoms in total. The summed E-state index contributed by atoms with van der Waals surface area (Å²) in [6, 6.07) is 7.42. The van der Waals surface area contributed by atoms with Crippen molar-refractivity contribution in [1.82, 2.24) is 29.7 Å². The van der Waals surface area contributed by atoms with Crippen molar-refractivity contribution < 1.29 is 14.3 Å². The number of aryl methyl sites for hydroxylation is 1. The van der Waals surface area contributed by atoms with Crippen LogP contribution < -0.4 is 5.32 Å². The Kier molecular flexibility index (Phi) is 5.02. The van der Waals surface area contributed by atoms with Crippen molar-refractivity contribution in [2.24, 2.45) is 0 Å². The Morgan fingerprint density at radius 3 is 2.75 bits per heavy atom. The maximum Gasteiger partial charge on any atom is 0.274 e. The van der Waals surface area contributed by atoms with Crippen molar-refractivity contribution >= 4 is 28.5 Å². The highest BCUT2D eigenvalue weighted by molar-refractivity contribution is 6.02. The first-order chi connectivity index (χ1) is 13.7. The quantitative estimate of drug-likeness (QED) is 0.697. The number of aromatic nitrogens is 5. The molecule has 1 aromatic carbocycles. The van der Waals surface area contributed by atoms with E-state index in [0.29, 0.717) is 44.2 Å². The number of hydrogen-bond acceptors (Lipinski definition) is 6. The fraction of sp³-hybridized carbons (Fsp3) is 0.389. The minimum Gasteiger partial charge on any atom is -0.378 e. The maximum absolute atomic E-state index is 13.0. The number of carbonyl (C=O) groups is 2. The molecular weight excluding hydrogens is 362 g/mol. The van der Waals surface area contributed by atoms with Gasteiger partial charge in [-0.2, -0.15) is 5.10 Å². The number of morpholine rings is 1. The van der Waals surface area contributed by atoms with E-state index in [4.69, 9.17) is 4.74 Å². The number of nitrogens with zero attached hydrogens (tertiary/aromatic N) is 6. The molecule has 1 aliphatic heterocycles. The first kappa shape index (κ1) is 18.1. The van der Waals surface area contributed by atoms with Crippen molar-refractivity contribution in [3.63, 3.8) is 0 Å². The zero-order valence-electron chi connectivity index (χ0n) is 15.5. The van der Waals surface area contributed by atoms with Gasteiger partial charge in [0.15, 0.2) is 0 Å². The Hall–Kier alpha value is -3.27. The number of benzene rings is 1. The number of rotatable bonds is 5. The van der Waals surface area contributed by atoms with Crippen LogP contribution in [0.2, 0.25) is 0 Å². The lowest BCUT2D eigenvalue weighted by molar-refractivity contribution is -0.116. The lowest BCUT2D eigenvalue weighted by Crippen LogP contribution is -2.41. The zero-order chi connectivity index (χ0) is 19.5. The van der Waals surface area contributed by atoms with Gasteiger partial charge >= 0.3 is 0 Å². The Bertz CT molecular complexity index is 1000. The average Bonchev–Trinajstić information content (AvgIpc) is 3.32. The predicted octanol–water partition coefficient (Wildman–Crippen LogP) is 0.759. The largest absolute Gasteiger partial charge is 0.378 e. The minimum absolute atomic E-state index is 0.0109. The molecule has 3 heterocycles. The van der Waals surface area contributed by atoms with Crippen LogP contribution in [0.5, 0.6) is 0 Å². The van der Waals surface area contributed by atoms with Gasteiger partial charge in [-0.25, -0.2) is 4.68 Å². The monoisotopic (exact) mass is 383 g/mol. The van der Waals surface area contributed by atoms with Gasteiger partial charge in [0, 0.05) is 19.6 Å². The molecule has 1 aliphatic rings. The molecule has 28 heavy (non-hydrogen) atoms. The van der Waals surface area contributed by atoms with Gasteiger partial charge in [-0.15, -0.1) is 5.10 Å². The van der Waals surface area contributed by atoms with E-state index in [1.807, 2.05) is 31.2 Å². The Morgan fingerprint density at radius 2 is 1.96 bits per heavy atom. The molecule has 1 fully saturated rings. The summed E-state index contributed by atoms with van der Waals surface area (Å²) in [6.07, 6.45) is 1.51. The molecule has 1 saturated heterocycles. The number of para-hydroxylation sites is 1. The third-order valence-corrected chi connectivity index (χ3v) is 4.63. The van der Waals surface area contributed by atoms with Crippen LogP contribution in [-0.2, 0) is 22.6 Å². The third-order valence-electron chi connectivity index (χ3n) is 4.63. The van der Waals surface area contributed by atoms with Crippen molar-refractivity contribution in [2.45, 2.75) is 20.0 Å². The highest BCUT2D eigenvalue weighted by atomic mass is 16.5. The minimum atomic E-state index is -0.303. The van der Waals surface area contributed by atoms with Gasteiger partial charge in [-0.1, -0.05) is 17.3 Å². The summed E-state index contributed by atoms with van der Waals surface area (Å²) in [5, 5.41) is 15.1. The predicted molar refractivity (Wildman–Crippen MR) is 101 cm³/mol. The number of nitrogens with one attached hydrogen (secondary N) is 1. The SMILES string of the molecule is CCn1ncc(NC(=O)Cn2nnc3ccccc32)c1C(=O)N1CCOCC1. The van der Waals surface area contributed by atoms with Gasteiger partial charge in [0.2, 0.25) is 5.91 Å². The topological polar surface area (TPSA) is 107 Å². The number of hydrogen-bond donors (Lipinski definition) is 1. The second-order valence-electron chi connectivity index (χ2n) is 6.41. The van der Waals surface area contributed by atoms with Gasteiger partial charge in [0.25, 0.3) is 5.91 Å². The third kappa shape index (κ3) is 3.46. The molecule has 2 amide bonds. The molecule has 146 valence electrons. The summed E-state index contributed by atoms with van der Waals surface area (Å²) in [5.74, 6) is -0.466. The summed E-state index contributed by atoms with van der Waals surface area (Å²) in [6.45, 7) is 4.46. The van der Waals surface area contributed by atoms with Gasteiger partial charge in [0.1, 0.15) is 17.8 Å². The van der Waals surface area contributed by atoms with Crippen LogP contribution >= 0.6 is 0 Å². The van der Waals surface area contributed by atoms with Crippen LogP contribution in [0, 0.1) is 0 Å². The molecule has 0 atom stereocenters. The highest BCUT2D eigenvalue weighted by Gasteiger charge is 2.26. The lowest BCUT2D eigenvalue weighted by Gasteiger charge is -2.27. The molecule has 2 aromatic heterocycles. The van der Waals surface area contributed by atoms with Gasteiger partial charge < -0.3 is 15.0 Å². The van der Waals surface area contributed by atoms with Gasteiger partial charge in [-0.3, -0.25) is 14.3 Å². The number of amides is 2. The number of fused-ring (bicyclic) bond motifs is 1. The van der Waals surface area contributed by atoms with Crippen LogP contribution in [0.3, 0.4) is 0 Å². The lowest BCUT2D eigenvalue weighted by atomic mass is 10.2. The van der Waals surface area contributed by atoms with E-state index in [9.17, 15) is 9.59 Å². The number of ether oxygens (including phenoxy) is 1. The standard InChI is InChI=1S/C18H21N7O3/c1-2-24-17(18(27)23-7-9-28-10-8-23)14(11-19-24)20-16(26)12-25-15-6-4-3-5-13(15)21-22-25/h3-6,11H,2,7-10,12H2,1H3,(H,20,26). The maximum atomic E-state index is 13.0. The summed E-state index contributed by atoms with van der Waals surface area (Å²) in [4.78, 5) is 27.3. The van der Waals surface area contributed by atoms with Gasteiger partial charge in [-0.05, 0) is 19.1 Å². The van der Waals surface area contributed by atoms with E-state index in [0.717, 1.165) is 11.0 Å². The van der Waals surface area contributed by atoms with E-state index in [2.05, 4.69) is 20.7 Å². The van der Waals surface area contributed by atoms with Crippen LogP contribution in [-0.4, -0.2) is 67.8 Å². The summed E-state index contributed by atoms with van der Waals surface area (Å²) in [7, 11) is 0. The second-order valence-corrected chi connectivity index (χ2v) is 6.41. The summed E-state index contributed by atoms with van der Waals surface area (Å²) < 4.78 is 8.43. The summed E-state index contributed by atoms with van der Waals surface area (Å²) in [5.41, 5.74) is 2.26. The van der Waals surface area contributed by atoms with Crippen LogP contribution in [0.1, 0.15) is 17.4 Å². The molecule has 1 N–H and O–H groups in total. The molecule has 0 unspecified atom stereocenters. The smallest absolute Gasteiger partial charge is 0.274 e. The normalized spacial score (nSPS) is 14.4. The van der Waals surface area contributed by atoms with E-state index >= 15 is 0 Å². The molecule has 0 saturated carbocycles. The van der Waals surface area contributed by atoms with E-state index in [-0.39, 0.29) is 18.4 Å². The first-order valence-corrected chi connectivity index (χ1v) is 9.18. The molecule has 3 aromatic rings. The molecule has 4 rings (SSSR count). The number of anilines is 1. The van der Waals surface area contributed by atoms with Crippen molar-refractivity contribution in [3.05, 3.63) is 36.2 Å². The molecular formula is C18H21N7O3.